The summed E-state index contributed by atoms with van der Waals surface area (Å²) in [4.78, 5) is 14.6. The highest BCUT2D eigenvalue weighted by molar-refractivity contribution is 9.10. The number of rotatable bonds is 2. The zero-order chi connectivity index (χ0) is 10.7. The van der Waals surface area contributed by atoms with Crippen molar-refractivity contribution >= 4 is 33.5 Å². The summed E-state index contributed by atoms with van der Waals surface area (Å²) in [6.45, 7) is 3.15. The van der Waals surface area contributed by atoms with Gasteiger partial charge < -0.3 is 4.74 Å². The Balaban J connectivity index is 2.85. The van der Waals surface area contributed by atoms with E-state index in [1.54, 1.807) is 19.2 Å². The van der Waals surface area contributed by atoms with Crippen molar-refractivity contribution in [3.63, 3.8) is 0 Å². The molecule has 0 saturated heterocycles. The van der Waals surface area contributed by atoms with E-state index in [2.05, 4.69) is 20.9 Å². The minimum Gasteiger partial charge on any atom is -0.458 e. The highest BCUT2D eigenvalue weighted by Crippen LogP contribution is 2.24. The van der Waals surface area contributed by atoms with Gasteiger partial charge in [0, 0.05) is 18.7 Å². The first-order valence-electron chi connectivity index (χ1n) is 3.99. The summed E-state index contributed by atoms with van der Waals surface area (Å²) in [5.41, 5.74) is 0.802. The zero-order valence-corrected chi connectivity index (χ0v) is 10.1. The summed E-state index contributed by atoms with van der Waals surface area (Å²) in [7, 11) is 0. The van der Waals surface area contributed by atoms with Crippen LogP contribution >= 0.6 is 27.5 Å². The van der Waals surface area contributed by atoms with Gasteiger partial charge in [-0.25, -0.2) is 4.98 Å². The van der Waals surface area contributed by atoms with E-state index in [4.69, 9.17) is 16.3 Å². The number of aromatic nitrogens is 1. The average molecular weight is 279 g/mol. The second kappa shape index (κ2) is 4.75. The molecule has 0 aliphatic rings. The molecule has 0 aliphatic carbocycles. The molecule has 0 radical (unpaired) electrons. The van der Waals surface area contributed by atoms with Gasteiger partial charge in [0.25, 0.3) is 0 Å². The molecule has 1 atom stereocenters. The maximum atomic E-state index is 10.7. The number of carbonyl (C=O) groups excluding carboxylic acids is 1. The number of pyridine rings is 1. The lowest BCUT2D eigenvalue weighted by Crippen LogP contribution is -2.05. The van der Waals surface area contributed by atoms with E-state index in [1.807, 2.05) is 0 Å². The van der Waals surface area contributed by atoms with Gasteiger partial charge in [0.2, 0.25) is 0 Å². The smallest absolute Gasteiger partial charge is 0.303 e. The summed E-state index contributed by atoms with van der Waals surface area (Å²) in [6, 6.07) is 1.78. The van der Waals surface area contributed by atoms with Crippen LogP contribution < -0.4 is 0 Å². The molecule has 0 aliphatic heterocycles. The van der Waals surface area contributed by atoms with E-state index in [1.165, 1.54) is 6.92 Å². The molecule has 0 spiro atoms. The van der Waals surface area contributed by atoms with E-state index in [0.29, 0.717) is 9.63 Å². The van der Waals surface area contributed by atoms with Crippen molar-refractivity contribution in [3.05, 3.63) is 27.5 Å². The van der Waals surface area contributed by atoms with Crippen LogP contribution in [-0.4, -0.2) is 11.0 Å². The van der Waals surface area contributed by atoms with Gasteiger partial charge in [-0.15, -0.1) is 0 Å². The predicted octanol–water partition coefficient (Wildman–Crippen LogP) is 3.12. The van der Waals surface area contributed by atoms with Crippen LogP contribution in [0.5, 0.6) is 0 Å². The highest BCUT2D eigenvalue weighted by Gasteiger charge is 2.10. The summed E-state index contributed by atoms with van der Waals surface area (Å²) in [5.74, 6) is -0.316. The maximum Gasteiger partial charge on any atom is 0.303 e. The Morgan fingerprint density at radius 2 is 2.36 bits per heavy atom. The fourth-order valence-electron chi connectivity index (χ4n) is 0.975. The topological polar surface area (TPSA) is 39.2 Å². The van der Waals surface area contributed by atoms with Crippen molar-refractivity contribution in [1.82, 2.24) is 4.98 Å². The summed E-state index contributed by atoms with van der Waals surface area (Å²) in [6.07, 6.45) is 1.27. The number of halogens is 2. The van der Waals surface area contributed by atoms with Gasteiger partial charge >= 0.3 is 5.97 Å². The van der Waals surface area contributed by atoms with Crippen LogP contribution in [0.4, 0.5) is 0 Å². The quantitative estimate of drug-likeness (QED) is 0.616. The molecular formula is C9H9BrClNO2. The number of hydrogen-bond acceptors (Lipinski definition) is 3. The fourth-order valence-corrected chi connectivity index (χ4v) is 1.45. The molecule has 5 heteroatoms. The highest BCUT2D eigenvalue weighted by atomic mass is 79.9. The average Bonchev–Trinajstić information content (AvgIpc) is 2.08. The largest absolute Gasteiger partial charge is 0.458 e. The first-order chi connectivity index (χ1) is 6.50. The van der Waals surface area contributed by atoms with Crippen molar-refractivity contribution in [2.45, 2.75) is 20.0 Å². The van der Waals surface area contributed by atoms with Crippen molar-refractivity contribution < 1.29 is 9.53 Å². The minimum atomic E-state index is -0.316. The lowest BCUT2D eigenvalue weighted by molar-refractivity contribution is -0.145. The van der Waals surface area contributed by atoms with Gasteiger partial charge in [-0.3, -0.25) is 4.79 Å². The number of hydrogen-bond donors (Lipinski definition) is 0. The maximum absolute atomic E-state index is 10.7. The van der Waals surface area contributed by atoms with Crippen LogP contribution in [0.2, 0.25) is 5.15 Å². The first-order valence-corrected chi connectivity index (χ1v) is 5.16. The van der Waals surface area contributed by atoms with Crippen molar-refractivity contribution in [2.24, 2.45) is 0 Å². The van der Waals surface area contributed by atoms with Crippen LogP contribution in [0.25, 0.3) is 0 Å². The molecule has 76 valence electrons. The Kier molecular flexibility index (Phi) is 3.89. The summed E-state index contributed by atoms with van der Waals surface area (Å²) >= 11 is 8.97. The molecule has 0 bridgehead atoms. The van der Waals surface area contributed by atoms with Gasteiger partial charge in [0.1, 0.15) is 11.3 Å². The van der Waals surface area contributed by atoms with Gasteiger partial charge in [-0.2, -0.15) is 0 Å². The Morgan fingerprint density at radius 1 is 1.71 bits per heavy atom. The number of ether oxygens (including phenoxy) is 1. The molecule has 0 amide bonds. The zero-order valence-electron chi connectivity index (χ0n) is 7.75. The molecular weight excluding hydrogens is 269 g/mol. The minimum absolute atomic E-state index is 0.312. The normalized spacial score (nSPS) is 12.3. The molecule has 1 aromatic rings. The molecule has 1 rings (SSSR count). The second-order valence-corrected chi connectivity index (χ2v) is 4.01. The second-order valence-electron chi connectivity index (χ2n) is 2.79. The summed E-state index contributed by atoms with van der Waals surface area (Å²) in [5, 5.41) is 0.392. The lowest BCUT2D eigenvalue weighted by Gasteiger charge is -2.11. The van der Waals surface area contributed by atoms with Crippen molar-refractivity contribution in [3.8, 4) is 0 Å². The third kappa shape index (κ3) is 2.96. The van der Waals surface area contributed by atoms with E-state index < -0.39 is 0 Å². The monoisotopic (exact) mass is 277 g/mol. The molecule has 0 aromatic carbocycles. The fraction of sp³-hybridized carbons (Fsp3) is 0.333. The lowest BCUT2D eigenvalue weighted by atomic mass is 10.2. The van der Waals surface area contributed by atoms with Crippen LogP contribution in [0.15, 0.2) is 16.7 Å². The van der Waals surface area contributed by atoms with Gasteiger partial charge in [-0.05, 0) is 28.9 Å². The van der Waals surface area contributed by atoms with Crippen molar-refractivity contribution in [2.75, 3.05) is 0 Å². The Hall–Kier alpha value is -0.610. The Morgan fingerprint density at radius 3 is 2.86 bits per heavy atom. The molecule has 1 aromatic heterocycles. The van der Waals surface area contributed by atoms with Crippen LogP contribution in [-0.2, 0) is 9.53 Å². The number of nitrogens with zero attached hydrogens (tertiary/aromatic N) is 1. The van der Waals surface area contributed by atoms with Gasteiger partial charge in [0.15, 0.2) is 0 Å². The van der Waals surface area contributed by atoms with E-state index >= 15 is 0 Å². The number of esters is 1. The van der Waals surface area contributed by atoms with Crippen LogP contribution in [0, 0.1) is 0 Å². The standard InChI is InChI=1S/C9H9BrClNO2/c1-5(14-6(2)13)7-3-8(10)9(11)12-4-7/h3-5H,1-2H3. The molecule has 14 heavy (non-hydrogen) atoms. The van der Waals surface area contributed by atoms with Crippen molar-refractivity contribution in [1.29, 1.82) is 0 Å². The van der Waals surface area contributed by atoms with Gasteiger partial charge in [-0.1, -0.05) is 11.6 Å². The molecule has 1 heterocycles. The molecule has 3 nitrogen and oxygen atoms in total. The third-order valence-corrected chi connectivity index (χ3v) is 2.76. The third-order valence-electron chi connectivity index (χ3n) is 1.63. The molecule has 0 fully saturated rings. The summed E-state index contributed by atoms with van der Waals surface area (Å²) < 4.78 is 5.68. The SMILES string of the molecule is CC(=O)OC(C)c1cnc(Cl)c(Br)c1. The molecule has 1 unspecified atom stereocenters. The number of carbonyl (C=O) groups is 1. The molecule has 0 saturated carbocycles. The van der Waals surface area contributed by atoms with Gasteiger partial charge in [0.05, 0.1) is 4.47 Å². The Bertz CT molecular complexity index is 357. The predicted molar refractivity (Wildman–Crippen MR) is 57.1 cm³/mol. The van der Waals surface area contributed by atoms with E-state index in [9.17, 15) is 4.79 Å². The first kappa shape index (κ1) is 11.5. The molecule has 0 N–H and O–H groups in total. The van der Waals surface area contributed by atoms with E-state index in [0.717, 1.165) is 5.56 Å². The van der Waals surface area contributed by atoms with Crippen LogP contribution in [0.3, 0.4) is 0 Å². The van der Waals surface area contributed by atoms with Crippen LogP contribution in [0.1, 0.15) is 25.5 Å². The Labute approximate surface area is 95.6 Å². The van der Waals surface area contributed by atoms with E-state index in [-0.39, 0.29) is 12.1 Å².